The van der Waals surface area contributed by atoms with Gasteiger partial charge in [-0.15, -0.1) is 0 Å². The van der Waals surface area contributed by atoms with E-state index in [2.05, 4.69) is 10.4 Å². The van der Waals surface area contributed by atoms with Crippen LogP contribution >= 0.6 is 0 Å². The van der Waals surface area contributed by atoms with E-state index in [-0.39, 0.29) is 13.0 Å². The van der Waals surface area contributed by atoms with Gasteiger partial charge in [-0.25, -0.2) is 0 Å². The van der Waals surface area contributed by atoms with Crippen LogP contribution in [0.5, 0.6) is 0 Å². The molecule has 1 fully saturated rings. The molecule has 7 heteroatoms. The number of hydrogen-bond donors (Lipinski definition) is 2. The quantitative estimate of drug-likeness (QED) is 0.873. The number of aromatic nitrogens is 2. The zero-order chi connectivity index (χ0) is 14.6. The first kappa shape index (κ1) is 15.3. The van der Waals surface area contributed by atoms with Gasteiger partial charge in [0.25, 0.3) is 0 Å². The van der Waals surface area contributed by atoms with Crippen LogP contribution in [-0.2, 0) is 13.1 Å². The van der Waals surface area contributed by atoms with Gasteiger partial charge in [-0.1, -0.05) is 12.8 Å². The van der Waals surface area contributed by atoms with Gasteiger partial charge in [0, 0.05) is 24.3 Å². The molecule has 0 aromatic carbocycles. The minimum atomic E-state index is -4.13. The number of hydrogen-bond acceptors (Lipinski definition) is 3. The summed E-state index contributed by atoms with van der Waals surface area (Å²) in [6, 6.07) is -0.509. The van der Waals surface area contributed by atoms with Crippen molar-refractivity contribution in [3.05, 3.63) is 18.0 Å². The number of aliphatic hydroxyl groups excluding tert-OH is 1. The van der Waals surface area contributed by atoms with Gasteiger partial charge in [0.1, 0.15) is 0 Å². The van der Waals surface area contributed by atoms with Crippen molar-refractivity contribution in [2.45, 2.75) is 51.0 Å². The predicted molar refractivity (Wildman–Crippen MR) is 68.0 cm³/mol. The van der Waals surface area contributed by atoms with Gasteiger partial charge >= 0.3 is 6.18 Å². The monoisotopic (exact) mass is 291 g/mol. The lowest BCUT2D eigenvalue weighted by atomic mass is 9.84. The second kappa shape index (κ2) is 6.58. The predicted octanol–water partition coefficient (Wildman–Crippen LogP) is 2.09. The summed E-state index contributed by atoms with van der Waals surface area (Å²) >= 11 is 0. The van der Waals surface area contributed by atoms with Gasteiger partial charge in [0.05, 0.1) is 25.3 Å². The van der Waals surface area contributed by atoms with Crippen LogP contribution in [0.25, 0.3) is 0 Å². The molecule has 114 valence electrons. The van der Waals surface area contributed by atoms with Crippen LogP contribution in [-0.4, -0.2) is 33.7 Å². The lowest BCUT2D eigenvalue weighted by molar-refractivity contribution is -0.189. The summed E-state index contributed by atoms with van der Waals surface area (Å²) in [5.74, 6) is -1.25. The minimum absolute atomic E-state index is 0.00663. The maximum Gasteiger partial charge on any atom is 0.393 e. The fourth-order valence-corrected chi connectivity index (χ4v) is 2.74. The molecule has 1 saturated carbocycles. The van der Waals surface area contributed by atoms with E-state index in [0.29, 0.717) is 25.9 Å². The highest BCUT2D eigenvalue weighted by Gasteiger charge is 2.45. The van der Waals surface area contributed by atoms with E-state index in [1.165, 1.54) is 0 Å². The van der Waals surface area contributed by atoms with Gasteiger partial charge in [-0.2, -0.15) is 18.3 Å². The Balaban J connectivity index is 1.90. The molecule has 20 heavy (non-hydrogen) atoms. The van der Waals surface area contributed by atoms with Crippen molar-refractivity contribution in [3.63, 3.8) is 0 Å². The third-order valence-corrected chi connectivity index (χ3v) is 3.77. The summed E-state index contributed by atoms with van der Waals surface area (Å²) in [6.07, 6.45) is 1.51. The summed E-state index contributed by atoms with van der Waals surface area (Å²) in [5.41, 5.74) is 0.838. The number of alkyl halides is 3. The molecule has 0 saturated heterocycles. The van der Waals surface area contributed by atoms with Crippen molar-refractivity contribution in [1.82, 2.24) is 15.1 Å². The van der Waals surface area contributed by atoms with E-state index in [0.717, 1.165) is 12.0 Å². The molecule has 0 spiro atoms. The maximum absolute atomic E-state index is 12.9. The molecule has 0 bridgehead atoms. The van der Waals surface area contributed by atoms with Crippen LogP contribution in [0.3, 0.4) is 0 Å². The Kier molecular flexibility index (Phi) is 5.04. The number of rotatable bonds is 5. The second-order valence-corrected chi connectivity index (χ2v) is 5.26. The third-order valence-electron chi connectivity index (χ3n) is 3.77. The average Bonchev–Trinajstić information content (AvgIpc) is 2.84. The Bertz CT molecular complexity index is 419. The van der Waals surface area contributed by atoms with Crippen molar-refractivity contribution in [3.8, 4) is 0 Å². The van der Waals surface area contributed by atoms with Crippen LogP contribution in [0.4, 0.5) is 13.2 Å². The minimum Gasteiger partial charge on any atom is -0.394 e. The molecule has 2 rings (SSSR count). The highest BCUT2D eigenvalue weighted by Crippen LogP contribution is 2.37. The van der Waals surface area contributed by atoms with Gasteiger partial charge in [-0.3, -0.25) is 4.68 Å². The first-order valence-corrected chi connectivity index (χ1v) is 6.93. The van der Waals surface area contributed by atoms with Crippen LogP contribution in [0.2, 0.25) is 0 Å². The Morgan fingerprint density at radius 1 is 1.35 bits per heavy atom. The van der Waals surface area contributed by atoms with Gasteiger partial charge in [0.2, 0.25) is 0 Å². The smallest absolute Gasteiger partial charge is 0.393 e. The summed E-state index contributed by atoms with van der Waals surface area (Å²) < 4.78 is 40.4. The highest BCUT2D eigenvalue weighted by atomic mass is 19.4. The van der Waals surface area contributed by atoms with Crippen LogP contribution in [0.1, 0.15) is 31.2 Å². The van der Waals surface area contributed by atoms with Crippen molar-refractivity contribution < 1.29 is 18.3 Å². The third kappa shape index (κ3) is 3.96. The molecule has 1 aliphatic rings. The maximum atomic E-state index is 12.9. The summed E-state index contributed by atoms with van der Waals surface area (Å²) in [5, 5.41) is 15.8. The molecule has 2 N–H and O–H groups in total. The first-order valence-electron chi connectivity index (χ1n) is 6.93. The summed E-state index contributed by atoms with van der Waals surface area (Å²) in [7, 11) is 0. The van der Waals surface area contributed by atoms with Gasteiger partial charge in [0.15, 0.2) is 0 Å². The molecule has 0 radical (unpaired) electrons. The van der Waals surface area contributed by atoms with E-state index in [1.807, 2.05) is 0 Å². The zero-order valence-corrected chi connectivity index (χ0v) is 11.2. The van der Waals surface area contributed by atoms with E-state index >= 15 is 0 Å². The van der Waals surface area contributed by atoms with Crippen LogP contribution < -0.4 is 5.32 Å². The lowest BCUT2D eigenvalue weighted by Gasteiger charge is -2.33. The van der Waals surface area contributed by atoms with Crippen molar-refractivity contribution in [2.75, 3.05) is 6.61 Å². The fourth-order valence-electron chi connectivity index (χ4n) is 2.74. The molecule has 1 heterocycles. The molecule has 1 aliphatic carbocycles. The van der Waals surface area contributed by atoms with Crippen LogP contribution in [0.15, 0.2) is 12.4 Å². The van der Waals surface area contributed by atoms with E-state index in [4.69, 9.17) is 5.11 Å². The standard InChI is InChI=1S/C13H20F3N3O/c14-13(15,16)11-3-1-2-4-12(11)17-7-10-8-18-19(9-10)5-6-20/h8-9,11-12,17,20H,1-7H2. The van der Waals surface area contributed by atoms with Gasteiger partial charge < -0.3 is 10.4 Å². The van der Waals surface area contributed by atoms with E-state index < -0.39 is 18.1 Å². The SMILES string of the molecule is OCCn1cc(CNC2CCCCC2C(F)(F)F)cn1. The number of nitrogens with one attached hydrogen (secondary N) is 1. The number of nitrogens with zero attached hydrogens (tertiary/aromatic N) is 2. The Morgan fingerprint density at radius 3 is 2.80 bits per heavy atom. The second-order valence-electron chi connectivity index (χ2n) is 5.26. The van der Waals surface area contributed by atoms with Crippen LogP contribution in [0, 0.1) is 5.92 Å². The van der Waals surface area contributed by atoms with E-state index in [1.54, 1.807) is 17.1 Å². The summed E-state index contributed by atoms with van der Waals surface area (Å²) in [4.78, 5) is 0. The largest absolute Gasteiger partial charge is 0.394 e. The molecule has 2 atom stereocenters. The Morgan fingerprint density at radius 2 is 2.10 bits per heavy atom. The Hall–Kier alpha value is -1.08. The van der Waals surface area contributed by atoms with E-state index in [9.17, 15) is 13.2 Å². The van der Waals surface area contributed by atoms with Crippen molar-refractivity contribution >= 4 is 0 Å². The average molecular weight is 291 g/mol. The molecular weight excluding hydrogens is 271 g/mol. The van der Waals surface area contributed by atoms with Crippen molar-refractivity contribution in [1.29, 1.82) is 0 Å². The van der Waals surface area contributed by atoms with Crippen molar-refractivity contribution in [2.24, 2.45) is 5.92 Å². The Labute approximate surface area is 116 Å². The van der Waals surface area contributed by atoms with Gasteiger partial charge in [-0.05, 0) is 12.8 Å². The molecular formula is C13H20F3N3O. The normalized spacial score (nSPS) is 24.0. The molecule has 1 aromatic heterocycles. The first-order chi connectivity index (χ1) is 9.50. The molecule has 2 unspecified atom stereocenters. The molecule has 1 aromatic rings. The molecule has 0 aliphatic heterocycles. The topological polar surface area (TPSA) is 50.1 Å². The molecule has 0 amide bonds. The highest BCUT2D eigenvalue weighted by molar-refractivity contribution is 5.04. The zero-order valence-electron chi connectivity index (χ0n) is 11.2. The fraction of sp³-hybridized carbons (Fsp3) is 0.769. The number of halogens is 3. The summed E-state index contributed by atoms with van der Waals surface area (Å²) in [6.45, 7) is 0.768. The number of aliphatic hydroxyl groups is 1. The lowest BCUT2D eigenvalue weighted by Crippen LogP contribution is -2.45. The molecule has 4 nitrogen and oxygen atoms in total.